The summed E-state index contributed by atoms with van der Waals surface area (Å²) in [4.78, 5) is 14.9. The third-order valence-corrected chi connectivity index (χ3v) is 5.96. The van der Waals surface area contributed by atoms with Gasteiger partial charge in [0.25, 0.3) is 0 Å². The van der Waals surface area contributed by atoms with Gasteiger partial charge in [0.15, 0.2) is 0 Å². The Kier molecular flexibility index (Phi) is 4.35. The Labute approximate surface area is 179 Å². The van der Waals surface area contributed by atoms with Gasteiger partial charge in [-0.3, -0.25) is 4.90 Å². The fourth-order valence-corrected chi connectivity index (χ4v) is 4.33. The lowest BCUT2D eigenvalue weighted by Gasteiger charge is -2.32. The predicted octanol–water partition coefficient (Wildman–Crippen LogP) is 4.91. The Balaban J connectivity index is 1.34. The molecule has 6 rings (SSSR count). The second-order valence-electron chi connectivity index (χ2n) is 7.96. The average Bonchev–Trinajstić information content (AvgIpc) is 3.48. The number of fused-ring (bicyclic) bond motifs is 2. The smallest absolute Gasteiger partial charge is 0.244 e. The summed E-state index contributed by atoms with van der Waals surface area (Å²) in [5, 5.41) is 6.67. The second-order valence-corrected chi connectivity index (χ2v) is 7.96. The van der Waals surface area contributed by atoms with Crippen molar-refractivity contribution >= 4 is 10.8 Å². The molecule has 6 heteroatoms. The second kappa shape index (κ2) is 7.49. The van der Waals surface area contributed by atoms with Crippen LogP contribution in [0.25, 0.3) is 22.2 Å². The minimum Gasteiger partial charge on any atom is -0.347 e. The Bertz CT molecular complexity index is 1340. The summed E-state index contributed by atoms with van der Waals surface area (Å²) in [5.74, 6) is 1.25. The molecule has 152 valence electrons. The van der Waals surface area contributed by atoms with E-state index in [0.29, 0.717) is 11.7 Å². The Hall–Kier alpha value is -3.77. The third kappa shape index (κ3) is 3.41. The molecule has 0 aliphatic carbocycles. The standard InChI is InChI=1S/C25H21N5O/c1-2-6-17(7-3-1)14-30-15-22-21(26-16-27-22)13-23(30)25-28-24(29-31-25)20-11-10-18-8-4-5-9-19(18)12-20/h1-12,16,23H,13-15H2,(H,26,27). The molecule has 0 radical (unpaired) electrons. The van der Waals surface area contributed by atoms with Crippen LogP contribution in [0.1, 0.15) is 28.9 Å². The molecular formula is C25H21N5O. The van der Waals surface area contributed by atoms with Gasteiger partial charge in [-0.15, -0.1) is 0 Å². The van der Waals surface area contributed by atoms with Crippen molar-refractivity contribution < 1.29 is 4.52 Å². The number of rotatable bonds is 4. The fourth-order valence-electron chi connectivity index (χ4n) is 4.33. The van der Waals surface area contributed by atoms with E-state index in [-0.39, 0.29) is 6.04 Å². The summed E-state index contributed by atoms with van der Waals surface area (Å²) >= 11 is 0. The predicted molar refractivity (Wildman–Crippen MR) is 118 cm³/mol. The minimum absolute atomic E-state index is 0.0160. The van der Waals surface area contributed by atoms with Crippen LogP contribution in [0.5, 0.6) is 0 Å². The first-order valence-corrected chi connectivity index (χ1v) is 10.5. The number of H-pyrrole nitrogens is 1. The molecule has 5 aromatic rings. The molecule has 0 bridgehead atoms. The molecule has 0 saturated carbocycles. The van der Waals surface area contributed by atoms with Gasteiger partial charge in [-0.2, -0.15) is 4.98 Å². The number of hydrogen-bond donors (Lipinski definition) is 1. The van der Waals surface area contributed by atoms with E-state index in [4.69, 9.17) is 9.51 Å². The van der Waals surface area contributed by atoms with Crippen LogP contribution in [0.15, 0.2) is 83.6 Å². The maximum Gasteiger partial charge on any atom is 0.244 e. The highest BCUT2D eigenvalue weighted by molar-refractivity contribution is 5.86. The number of benzene rings is 3. The van der Waals surface area contributed by atoms with Gasteiger partial charge in [0, 0.05) is 25.1 Å². The van der Waals surface area contributed by atoms with Crippen molar-refractivity contribution in [2.75, 3.05) is 0 Å². The summed E-state index contributed by atoms with van der Waals surface area (Å²) in [6.45, 7) is 1.57. The van der Waals surface area contributed by atoms with Crippen molar-refractivity contribution in [2.24, 2.45) is 0 Å². The molecule has 6 nitrogen and oxygen atoms in total. The van der Waals surface area contributed by atoms with E-state index in [2.05, 4.69) is 68.6 Å². The molecule has 1 aliphatic rings. The average molecular weight is 407 g/mol. The maximum absolute atomic E-state index is 5.79. The zero-order valence-electron chi connectivity index (χ0n) is 16.9. The van der Waals surface area contributed by atoms with Crippen molar-refractivity contribution in [3.63, 3.8) is 0 Å². The molecule has 3 heterocycles. The molecule has 1 N–H and O–H groups in total. The summed E-state index contributed by atoms with van der Waals surface area (Å²) in [5.41, 5.74) is 4.44. The minimum atomic E-state index is -0.0160. The van der Waals surface area contributed by atoms with E-state index in [0.717, 1.165) is 41.8 Å². The van der Waals surface area contributed by atoms with Gasteiger partial charge in [-0.25, -0.2) is 4.98 Å². The molecule has 1 aliphatic heterocycles. The molecule has 0 saturated heterocycles. The highest BCUT2D eigenvalue weighted by atomic mass is 16.5. The monoisotopic (exact) mass is 407 g/mol. The van der Waals surface area contributed by atoms with Crippen LogP contribution in [0.3, 0.4) is 0 Å². The lowest BCUT2D eigenvalue weighted by atomic mass is 10.0. The van der Waals surface area contributed by atoms with Crippen LogP contribution in [-0.2, 0) is 19.5 Å². The van der Waals surface area contributed by atoms with Crippen LogP contribution >= 0.6 is 0 Å². The molecule has 0 amide bonds. The van der Waals surface area contributed by atoms with Crippen molar-refractivity contribution in [1.82, 2.24) is 25.0 Å². The number of aromatic nitrogens is 4. The lowest BCUT2D eigenvalue weighted by molar-refractivity contribution is 0.128. The largest absolute Gasteiger partial charge is 0.347 e. The summed E-state index contributed by atoms with van der Waals surface area (Å²) in [6, 6.07) is 25.0. The summed E-state index contributed by atoms with van der Waals surface area (Å²) in [6.07, 6.45) is 2.51. The van der Waals surface area contributed by atoms with Gasteiger partial charge in [0.1, 0.15) is 0 Å². The number of nitrogens with one attached hydrogen (secondary N) is 1. The molecule has 31 heavy (non-hydrogen) atoms. The number of hydrogen-bond acceptors (Lipinski definition) is 5. The molecule has 2 aromatic heterocycles. The van der Waals surface area contributed by atoms with Crippen LogP contribution in [0, 0.1) is 0 Å². The molecule has 1 atom stereocenters. The molecule has 0 fully saturated rings. The first-order chi connectivity index (χ1) is 15.3. The molecule has 0 spiro atoms. The van der Waals surface area contributed by atoms with E-state index >= 15 is 0 Å². The Morgan fingerprint density at radius 3 is 2.71 bits per heavy atom. The molecule has 1 unspecified atom stereocenters. The first kappa shape index (κ1) is 18.0. The first-order valence-electron chi connectivity index (χ1n) is 10.5. The summed E-state index contributed by atoms with van der Waals surface area (Å²) in [7, 11) is 0. The number of imidazole rings is 1. The molecule has 3 aromatic carbocycles. The lowest BCUT2D eigenvalue weighted by Crippen LogP contribution is -2.34. The highest BCUT2D eigenvalue weighted by Gasteiger charge is 2.33. The summed E-state index contributed by atoms with van der Waals surface area (Å²) < 4.78 is 5.79. The van der Waals surface area contributed by atoms with E-state index < -0.39 is 0 Å². The number of aromatic amines is 1. The van der Waals surface area contributed by atoms with Crippen LogP contribution in [0.4, 0.5) is 0 Å². The Morgan fingerprint density at radius 1 is 0.968 bits per heavy atom. The van der Waals surface area contributed by atoms with E-state index in [1.54, 1.807) is 6.33 Å². The van der Waals surface area contributed by atoms with Crippen molar-refractivity contribution in [1.29, 1.82) is 0 Å². The van der Waals surface area contributed by atoms with Crippen molar-refractivity contribution in [3.05, 3.63) is 102 Å². The van der Waals surface area contributed by atoms with Gasteiger partial charge in [-0.05, 0) is 22.4 Å². The van der Waals surface area contributed by atoms with Crippen molar-refractivity contribution in [2.45, 2.75) is 25.6 Å². The number of nitrogens with zero attached hydrogens (tertiary/aromatic N) is 4. The highest BCUT2D eigenvalue weighted by Crippen LogP contribution is 2.33. The quantitative estimate of drug-likeness (QED) is 0.458. The third-order valence-electron chi connectivity index (χ3n) is 5.96. The van der Waals surface area contributed by atoms with E-state index in [1.165, 1.54) is 10.9 Å². The van der Waals surface area contributed by atoms with Gasteiger partial charge >= 0.3 is 0 Å². The van der Waals surface area contributed by atoms with Crippen LogP contribution in [-0.4, -0.2) is 25.0 Å². The maximum atomic E-state index is 5.79. The van der Waals surface area contributed by atoms with Gasteiger partial charge < -0.3 is 9.51 Å². The SMILES string of the molecule is c1ccc(CN2Cc3[nH]cnc3CC2c2nc(-c3ccc4ccccc4c3)no2)cc1. The molecular weight excluding hydrogens is 386 g/mol. The topological polar surface area (TPSA) is 70.8 Å². The zero-order valence-corrected chi connectivity index (χ0v) is 16.9. The van der Waals surface area contributed by atoms with Gasteiger partial charge in [0.05, 0.1) is 23.8 Å². The van der Waals surface area contributed by atoms with Gasteiger partial charge in [0.2, 0.25) is 11.7 Å². The van der Waals surface area contributed by atoms with Crippen LogP contribution < -0.4 is 0 Å². The van der Waals surface area contributed by atoms with Gasteiger partial charge in [-0.1, -0.05) is 71.9 Å². The fraction of sp³-hybridized carbons (Fsp3) is 0.160. The normalized spacial score (nSPS) is 16.5. The van der Waals surface area contributed by atoms with Crippen molar-refractivity contribution in [3.8, 4) is 11.4 Å². The Morgan fingerprint density at radius 2 is 1.81 bits per heavy atom. The van der Waals surface area contributed by atoms with E-state index in [9.17, 15) is 0 Å². The van der Waals surface area contributed by atoms with E-state index in [1.807, 2.05) is 24.3 Å². The van der Waals surface area contributed by atoms with Crippen LogP contribution in [0.2, 0.25) is 0 Å². The zero-order chi connectivity index (χ0) is 20.6.